The van der Waals surface area contributed by atoms with Gasteiger partial charge in [0.1, 0.15) is 0 Å². The van der Waals surface area contributed by atoms with Gasteiger partial charge in [-0.1, -0.05) is 12.1 Å². The van der Waals surface area contributed by atoms with Crippen LogP contribution in [0.4, 0.5) is 5.69 Å². The molecule has 7 nitrogen and oxygen atoms in total. The van der Waals surface area contributed by atoms with Crippen molar-refractivity contribution in [1.82, 2.24) is 0 Å². The molecule has 0 heterocycles. The van der Waals surface area contributed by atoms with E-state index in [2.05, 4.69) is 5.32 Å². The molecule has 0 fully saturated rings. The predicted octanol–water partition coefficient (Wildman–Crippen LogP) is 2.40. The van der Waals surface area contributed by atoms with Gasteiger partial charge in [0.05, 0.1) is 33.4 Å². The molecule has 0 aliphatic heterocycles. The van der Waals surface area contributed by atoms with Gasteiger partial charge in [0.2, 0.25) is 0 Å². The van der Waals surface area contributed by atoms with Crippen LogP contribution in [0.1, 0.15) is 27.6 Å². The third-order valence-electron chi connectivity index (χ3n) is 3.43. The minimum absolute atomic E-state index is 0.157. The van der Waals surface area contributed by atoms with Crippen LogP contribution in [0.2, 0.25) is 0 Å². The van der Waals surface area contributed by atoms with Gasteiger partial charge in [0.15, 0.2) is 6.61 Å². The fraction of sp³-hybridized carbons (Fsp3) is 0.211. The molecule has 0 bridgehead atoms. The van der Waals surface area contributed by atoms with Crippen LogP contribution in [-0.4, -0.2) is 41.5 Å². The Labute approximate surface area is 159 Å². The van der Waals surface area contributed by atoms with Crippen molar-refractivity contribution in [1.29, 1.82) is 0 Å². The minimum Gasteiger partial charge on any atom is -0.462 e. The Morgan fingerprint density at radius 1 is 0.963 bits per heavy atom. The maximum atomic E-state index is 12.1. The van der Waals surface area contributed by atoms with Crippen LogP contribution in [0.25, 0.3) is 0 Å². The van der Waals surface area contributed by atoms with Crippen LogP contribution >= 0.6 is 0 Å². The molecule has 0 aliphatic rings. The van der Waals surface area contributed by atoms with Crippen LogP contribution in [0, 0.1) is 0 Å². The fourth-order valence-electron chi connectivity index (χ4n) is 2.20. The summed E-state index contributed by atoms with van der Waals surface area (Å²) >= 11 is 0. The van der Waals surface area contributed by atoms with Gasteiger partial charge >= 0.3 is 11.9 Å². The van der Waals surface area contributed by atoms with E-state index in [9.17, 15) is 18.6 Å². The molecule has 1 amide bonds. The highest BCUT2D eigenvalue weighted by Gasteiger charge is 2.16. The van der Waals surface area contributed by atoms with Gasteiger partial charge in [-0.05, 0) is 43.3 Å². The molecule has 0 radical (unpaired) electrons. The smallest absolute Gasteiger partial charge is 0.339 e. The maximum absolute atomic E-state index is 12.1. The predicted molar refractivity (Wildman–Crippen MR) is 100 cm³/mol. The molecule has 1 atom stereocenters. The van der Waals surface area contributed by atoms with E-state index in [1.807, 2.05) is 0 Å². The number of amides is 1. The third-order valence-corrected chi connectivity index (χ3v) is 4.41. The molecule has 0 spiro atoms. The first kappa shape index (κ1) is 20.3. The highest BCUT2D eigenvalue weighted by molar-refractivity contribution is 7.84. The molecule has 8 heteroatoms. The van der Waals surface area contributed by atoms with Gasteiger partial charge in [-0.3, -0.25) is 9.00 Å². The molecular weight excluding hydrogens is 370 g/mol. The lowest BCUT2D eigenvalue weighted by molar-refractivity contribution is -0.119. The molecule has 142 valence electrons. The number of carbonyl (C=O) groups is 3. The van der Waals surface area contributed by atoms with E-state index in [0.29, 0.717) is 16.1 Å². The minimum atomic E-state index is -1.35. The second kappa shape index (κ2) is 9.63. The van der Waals surface area contributed by atoms with E-state index in [0.717, 1.165) is 0 Å². The van der Waals surface area contributed by atoms with Gasteiger partial charge in [0, 0.05) is 11.9 Å². The first-order valence-corrected chi connectivity index (χ1v) is 9.64. The highest BCUT2D eigenvalue weighted by atomic mass is 32.2. The Morgan fingerprint density at radius 3 is 2.26 bits per heavy atom. The molecule has 2 rings (SSSR count). The summed E-state index contributed by atoms with van der Waals surface area (Å²) in [4.78, 5) is 36.0. The molecule has 0 unspecified atom stereocenters. The normalized spacial score (nSPS) is 11.3. The molecule has 0 saturated carbocycles. The number of benzene rings is 2. The van der Waals surface area contributed by atoms with E-state index < -0.39 is 35.3 Å². The van der Waals surface area contributed by atoms with Crippen LogP contribution in [0.15, 0.2) is 53.4 Å². The Morgan fingerprint density at radius 2 is 1.63 bits per heavy atom. The number of hydrogen-bond donors (Lipinski definition) is 1. The number of hydrogen-bond acceptors (Lipinski definition) is 6. The van der Waals surface area contributed by atoms with Crippen LogP contribution in [0.5, 0.6) is 0 Å². The number of ether oxygens (including phenoxy) is 2. The van der Waals surface area contributed by atoms with Crippen molar-refractivity contribution in [3.8, 4) is 0 Å². The van der Waals surface area contributed by atoms with Crippen molar-refractivity contribution in [2.75, 3.05) is 24.8 Å². The number of nitrogens with one attached hydrogen (secondary N) is 1. The van der Waals surface area contributed by atoms with Gasteiger partial charge in [-0.2, -0.15) is 0 Å². The molecule has 2 aromatic rings. The Bertz CT molecular complexity index is 863. The number of carbonyl (C=O) groups excluding carboxylic acids is 3. The van der Waals surface area contributed by atoms with Crippen molar-refractivity contribution < 1.29 is 28.1 Å². The first-order chi connectivity index (χ1) is 12.9. The Hall–Kier alpha value is -3.00. The summed E-state index contributed by atoms with van der Waals surface area (Å²) in [7, 11) is -1.35. The summed E-state index contributed by atoms with van der Waals surface area (Å²) in [5, 5.41) is 2.56. The molecule has 0 aliphatic carbocycles. The number of rotatable bonds is 7. The fourth-order valence-corrected chi connectivity index (χ4v) is 2.93. The average molecular weight is 389 g/mol. The van der Waals surface area contributed by atoms with Crippen molar-refractivity contribution in [2.45, 2.75) is 11.8 Å². The van der Waals surface area contributed by atoms with E-state index >= 15 is 0 Å². The van der Waals surface area contributed by atoms with Gasteiger partial charge in [-0.25, -0.2) is 9.59 Å². The first-order valence-electron chi connectivity index (χ1n) is 8.09. The Kier molecular flexibility index (Phi) is 7.25. The van der Waals surface area contributed by atoms with E-state index in [-0.39, 0.29) is 12.2 Å². The van der Waals surface area contributed by atoms with Crippen LogP contribution in [-0.2, 0) is 25.1 Å². The lowest BCUT2D eigenvalue weighted by Gasteiger charge is -2.09. The molecule has 2 aromatic carbocycles. The van der Waals surface area contributed by atoms with Crippen LogP contribution < -0.4 is 5.32 Å². The SMILES string of the molecule is CCOC(=O)c1ccc(NC(=O)COC(=O)c2ccccc2[S@@](C)=O)cc1. The Balaban J connectivity index is 1.92. The standard InChI is InChI=1S/C19H19NO6S/c1-3-25-18(22)13-8-10-14(11-9-13)20-17(21)12-26-19(23)15-6-4-5-7-16(15)27(2)24/h4-11H,3,12H2,1-2H3,(H,20,21)/t27-/m1/s1. The van der Waals surface area contributed by atoms with Crippen molar-refractivity contribution in [2.24, 2.45) is 0 Å². The van der Waals surface area contributed by atoms with E-state index in [4.69, 9.17) is 9.47 Å². The van der Waals surface area contributed by atoms with Crippen molar-refractivity contribution in [3.63, 3.8) is 0 Å². The zero-order valence-corrected chi connectivity index (χ0v) is 15.7. The average Bonchev–Trinajstić information content (AvgIpc) is 2.66. The van der Waals surface area contributed by atoms with Gasteiger partial charge in [0.25, 0.3) is 5.91 Å². The summed E-state index contributed by atoms with van der Waals surface area (Å²) in [5.41, 5.74) is 0.967. The highest BCUT2D eigenvalue weighted by Crippen LogP contribution is 2.14. The molecular formula is C19H19NO6S. The third kappa shape index (κ3) is 5.75. The second-order valence-electron chi connectivity index (χ2n) is 5.37. The van der Waals surface area contributed by atoms with E-state index in [1.165, 1.54) is 24.5 Å². The topological polar surface area (TPSA) is 98.8 Å². The van der Waals surface area contributed by atoms with Gasteiger partial charge < -0.3 is 14.8 Å². The van der Waals surface area contributed by atoms with E-state index in [1.54, 1.807) is 37.3 Å². The number of anilines is 1. The maximum Gasteiger partial charge on any atom is 0.339 e. The quantitative estimate of drug-likeness (QED) is 0.730. The number of esters is 2. The molecule has 27 heavy (non-hydrogen) atoms. The van der Waals surface area contributed by atoms with Crippen molar-refractivity contribution in [3.05, 3.63) is 59.7 Å². The molecule has 0 aromatic heterocycles. The second-order valence-corrected chi connectivity index (χ2v) is 6.72. The monoisotopic (exact) mass is 389 g/mol. The van der Waals surface area contributed by atoms with Crippen LogP contribution in [0.3, 0.4) is 0 Å². The lowest BCUT2D eigenvalue weighted by atomic mass is 10.2. The zero-order valence-electron chi connectivity index (χ0n) is 14.9. The lowest BCUT2D eigenvalue weighted by Crippen LogP contribution is -2.21. The molecule has 0 saturated heterocycles. The van der Waals surface area contributed by atoms with Crippen molar-refractivity contribution >= 4 is 34.3 Å². The largest absolute Gasteiger partial charge is 0.462 e. The zero-order chi connectivity index (χ0) is 19.8. The summed E-state index contributed by atoms with van der Waals surface area (Å²) < 4.78 is 21.5. The summed E-state index contributed by atoms with van der Waals surface area (Å²) in [6, 6.07) is 12.5. The summed E-state index contributed by atoms with van der Waals surface area (Å²) in [5.74, 6) is -1.72. The van der Waals surface area contributed by atoms with Gasteiger partial charge in [-0.15, -0.1) is 0 Å². The summed E-state index contributed by atoms with van der Waals surface area (Å²) in [6.07, 6.45) is 1.46. The summed E-state index contributed by atoms with van der Waals surface area (Å²) in [6.45, 7) is 1.49. The molecule has 1 N–H and O–H groups in total.